The molecule has 1 heterocycles. The molecule has 1 amide bonds. The third kappa shape index (κ3) is 6.52. The van der Waals surface area contributed by atoms with E-state index in [1.165, 1.54) is 0 Å². The highest BCUT2D eigenvalue weighted by atomic mass is 16.5. The fourth-order valence-electron chi connectivity index (χ4n) is 1.56. The van der Waals surface area contributed by atoms with E-state index in [0.717, 1.165) is 31.6 Å². The molecule has 0 aliphatic rings. The second-order valence-corrected chi connectivity index (χ2v) is 4.83. The molecule has 0 fully saturated rings. The second-order valence-electron chi connectivity index (χ2n) is 4.83. The molecule has 0 bridgehead atoms. The van der Waals surface area contributed by atoms with Crippen molar-refractivity contribution in [2.75, 3.05) is 13.2 Å². The third-order valence-electron chi connectivity index (χ3n) is 2.92. The molecule has 1 unspecified atom stereocenters. The lowest BCUT2D eigenvalue weighted by Gasteiger charge is -2.12. The van der Waals surface area contributed by atoms with E-state index in [9.17, 15) is 4.79 Å². The number of ether oxygens (including phenoxy) is 1. The maximum atomic E-state index is 11.6. The van der Waals surface area contributed by atoms with Crippen molar-refractivity contribution in [3.63, 3.8) is 0 Å². The third-order valence-corrected chi connectivity index (χ3v) is 2.92. The van der Waals surface area contributed by atoms with E-state index < -0.39 is 0 Å². The van der Waals surface area contributed by atoms with Crippen LogP contribution in [0.15, 0.2) is 18.3 Å². The van der Waals surface area contributed by atoms with Crippen molar-refractivity contribution in [2.24, 2.45) is 0 Å². The van der Waals surface area contributed by atoms with Crippen molar-refractivity contribution in [1.29, 1.82) is 0 Å². The van der Waals surface area contributed by atoms with E-state index in [4.69, 9.17) is 4.74 Å². The molecule has 20 heavy (non-hydrogen) atoms. The summed E-state index contributed by atoms with van der Waals surface area (Å²) < 4.78 is 5.40. The van der Waals surface area contributed by atoms with Crippen LogP contribution >= 0.6 is 0 Å². The minimum atomic E-state index is -0.104. The van der Waals surface area contributed by atoms with Gasteiger partial charge in [0.05, 0.1) is 11.9 Å². The zero-order chi connectivity index (χ0) is 14.8. The molecule has 0 radical (unpaired) electrons. The van der Waals surface area contributed by atoms with Crippen molar-refractivity contribution in [3.8, 4) is 5.75 Å². The van der Waals surface area contributed by atoms with Crippen molar-refractivity contribution >= 4 is 5.91 Å². The Morgan fingerprint density at radius 3 is 2.80 bits per heavy atom. The van der Waals surface area contributed by atoms with Crippen molar-refractivity contribution in [2.45, 2.75) is 46.2 Å². The van der Waals surface area contributed by atoms with Gasteiger partial charge in [-0.2, -0.15) is 0 Å². The van der Waals surface area contributed by atoms with Crippen LogP contribution in [0.3, 0.4) is 0 Å². The largest absolute Gasteiger partial charge is 0.482 e. The Labute approximate surface area is 121 Å². The average Bonchev–Trinajstić information content (AvgIpc) is 2.46. The second kappa shape index (κ2) is 9.31. The molecule has 5 heteroatoms. The zero-order valence-electron chi connectivity index (χ0n) is 12.6. The monoisotopic (exact) mass is 279 g/mol. The number of pyridine rings is 1. The van der Waals surface area contributed by atoms with Crippen LogP contribution in [0.4, 0.5) is 0 Å². The lowest BCUT2D eigenvalue weighted by molar-refractivity contribution is -0.123. The minimum absolute atomic E-state index is 0.0272. The van der Waals surface area contributed by atoms with Crippen LogP contribution in [0.2, 0.25) is 0 Å². The number of carbonyl (C=O) groups excluding carboxylic acids is 1. The lowest BCUT2D eigenvalue weighted by atomic mass is 10.2. The predicted octanol–water partition coefficient (Wildman–Crippen LogP) is 1.87. The summed E-state index contributed by atoms with van der Waals surface area (Å²) in [5, 5.41) is 6.13. The molecule has 1 atom stereocenters. The van der Waals surface area contributed by atoms with Crippen molar-refractivity contribution < 1.29 is 9.53 Å². The molecule has 0 aromatic carbocycles. The van der Waals surface area contributed by atoms with Gasteiger partial charge in [0.2, 0.25) is 0 Å². The van der Waals surface area contributed by atoms with Gasteiger partial charge in [0.1, 0.15) is 5.75 Å². The SMILES string of the molecule is CCCNCc1ccc(OCC(=O)NC(C)CC)cn1. The van der Waals surface area contributed by atoms with Gasteiger partial charge in [0, 0.05) is 12.6 Å². The summed E-state index contributed by atoms with van der Waals surface area (Å²) in [6, 6.07) is 3.92. The highest BCUT2D eigenvalue weighted by molar-refractivity contribution is 5.77. The van der Waals surface area contributed by atoms with Gasteiger partial charge in [0.15, 0.2) is 6.61 Å². The Balaban J connectivity index is 2.32. The van der Waals surface area contributed by atoms with Crippen LogP contribution in [-0.2, 0) is 11.3 Å². The van der Waals surface area contributed by atoms with Gasteiger partial charge in [-0.3, -0.25) is 9.78 Å². The molecule has 1 rings (SSSR count). The molecule has 1 aromatic rings. The topological polar surface area (TPSA) is 63.2 Å². The maximum absolute atomic E-state index is 11.6. The van der Waals surface area contributed by atoms with Crippen LogP contribution < -0.4 is 15.4 Å². The standard InChI is InChI=1S/C15H25N3O2/c1-4-8-16-9-13-6-7-14(10-17-13)20-11-15(19)18-12(3)5-2/h6-7,10,12,16H,4-5,8-9,11H2,1-3H3,(H,18,19). The lowest BCUT2D eigenvalue weighted by Crippen LogP contribution is -2.35. The first kappa shape index (κ1) is 16.4. The molecule has 112 valence electrons. The van der Waals surface area contributed by atoms with Gasteiger partial charge >= 0.3 is 0 Å². The number of nitrogens with one attached hydrogen (secondary N) is 2. The zero-order valence-corrected chi connectivity index (χ0v) is 12.6. The fraction of sp³-hybridized carbons (Fsp3) is 0.600. The molecule has 0 aliphatic carbocycles. The van der Waals surface area contributed by atoms with E-state index in [0.29, 0.717) is 5.75 Å². The van der Waals surface area contributed by atoms with Crippen LogP contribution in [-0.4, -0.2) is 30.1 Å². The molecule has 0 aliphatic heterocycles. The Kier molecular flexibility index (Phi) is 7.65. The van der Waals surface area contributed by atoms with Gasteiger partial charge < -0.3 is 15.4 Å². The minimum Gasteiger partial charge on any atom is -0.482 e. The van der Waals surface area contributed by atoms with Crippen LogP contribution in [0, 0.1) is 0 Å². The summed E-state index contributed by atoms with van der Waals surface area (Å²) in [5.74, 6) is 0.511. The number of hydrogen-bond donors (Lipinski definition) is 2. The van der Waals surface area contributed by atoms with Gasteiger partial charge in [-0.25, -0.2) is 0 Å². The first-order chi connectivity index (χ1) is 9.65. The molecule has 2 N–H and O–H groups in total. The van der Waals surface area contributed by atoms with Crippen molar-refractivity contribution in [1.82, 2.24) is 15.6 Å². The van der Waals surface area contributed by atoms with Gasteiger partial charge in [-0.05, 0) is 38.4 Å². The Hall–Kier alpha value is -1.62. The normalized spacial score (nSPS) is 11.9. The first-order valence-electron chi connectivity index (χ1n) is 7.23. The highest BCUT2D eigenvalue weighted by Crippen LogP contribution is 2.08. The van der Waals surface area contributed by atoms with Gasteiger partial charge in [-0.1, -0.05) is 13.8 Å². The molecular weight excluding hydrogens is 254 g/mol. The van der Waals surface area contributed by atoms with E-state index in [-0.39, 0.29) is 18.6 Å². The van der Waals surface area contributed by atoms with Gasteiger partial charge in [0.25, 0.3) is 5.91 Å². The summed E-state index contributed by atoms with van der Waals surface area (Å²) in [6.45, 7) is 7.89. The number of aromatic nitrogens is 1. The number of rotatable bonds is 9. The van der Waals surface area contributed by atoms with E-state index >= 15 is 0 Å². The molecule has 1 aromatic heterocycles. The summed E-state index contributed by atoms with van der Waals surface area (Å²) in [7, 11) is 0. The smallest absolute Gasteiger partial charge is 0.258 e. The number of carbonyl (C=O) groups is 1. The van der Waals surface area contributed by atoms with E-state index in [1.54, 1.807) is 6.20 Å². The summed E-state index contributed by atoms with van der Waals surface area (Å²) in [6.07, 6.45) is 3.67. The van der Waals surface area contributed by atoms with Crippen LogP contribution in [0.5, 0.6) is 5.75 Å². The first-order valence-corrected chi connectivity index (χ1v) is 7.23. The summed E-state index contributed by atoms with van der Waals surface area (Å²) >= 11 is 0. The highest BCUT2D eigenvalue weighted by Gasteiger charge is 2.06. The van der Waals surface area contributed by atoms with E-state index in [2.05, 4.69) is 22.5 Å². The quantitative estimate of drug-likeness (QED) is 0.677. The molecule has 0 saturated carbocycles. The molecular formula is C15H25N3O2. The predicted molar refractivity (Wildman–Crippen MR) is 79.6 cm³/mol. The van der Waals surface area contributed by atoms with Crippen LogP contribution in [0.1, 0.15) is 39.3 Å². The summed E-state index contributed by atoms with van der Waals surface area (Å²) in [4.78, 5) is 15.8. The van der Waals surface area contributed by atoms with E-state index in [1.807, 2.05) is 26.0 Å². The van der Waals surface area contributed by atoms with Crippen molar-refractivity contribution in [3.05, 3.63) is 24.0 Å². The molecule has 0 saturated heterocycles. The number of hydrogen-bond acceptors (Lipinski definition) is 4. The Morgan fingerprint density at radius 2 is 2.20 bits per heavy atom. The Bertz CT molecular complexity index is 393. The Morgan fingerprint density at radius 1 is 1.40 bits per heavy atom. The fourth-order valence-corrected chi connectivity index (χ4v) is 1.56. The molecule has 5 nitrogen and oxygen atoms in total. The van der Waals surface area contributed by atoms with Gasteiger partial charge in [-0.15, -0.1) is 0 Å². The number of amides is 1. The molecule has 0 spiro atoms. The number of nitrogens with zero attached hydrogens (tertiary/aromatic N) is 1. The average molecular weight is 279 g/mol. The maximum Gasteiger partial charge on any atom is 0.258 e. The van der Waals surface area contributed by atoms with Crippen LogP contribution in [0.25, 0.3) is 0 Å². The summed E-state index contributed by atoms with van der Waals surface area (Å²) in [5.41, 5.74) is 0.967.